The summed E-state index contributed by atoms with van der Waals surface area (Å²) >= 11 is 1.87. The third-order valence-corrected chi connectivity index (χ3v) is 8.26. The molecule has 39 heavy (non-hydrogen) atoms. The van der Waals surface area contributed by atoms with Crippen molar-refractivity contribution in [2.45, 2.75) is 0 Å². The van der Waals surface area contributed by atoms with E-state index in [-0.39, 0.29) is 0 Å². The van der Waals surface area contributed by atoms with Crippen molar-refractivity contribution < 1.29 is 0 Å². The van der Waals surface area contributed by atoms with Gasteiger partial charge in [0.2, 0.25) is 0 Å². The number of rotatable bonds is 6. The Bertz CT molecular complexity index is 1860. The van der Waals surface area contributed by atoms with Crippen LogP contribution in [0.4, 0.5) is 28.4 Å². The number of nitrogens with one attached hydrogen (secondary N) is 1. The molecule has 0 spiro atoms. The Kier molecular flexibility index (Phi) is 6.04. The minimum atomic E-state index is 1.06. The van der Waals surface area contributed by atoms with Gasteiger partial charge >= 0.3 is 0 Å². The lowest BCUT2D eigenvalue weighted by Gasteiger charge is -2.26. The zero-order chi connectivity index (χ0) is 26.0. The molecule has 3 heteroatoms. The van der Waals surface area contributed by atoms with Gasteiger partial charge in [-0.15, -0.1) is 11.3 Å². The highest BCUT2D eigenvalue weighted by Gasteiger charge is 2.14. The molecule has 0 radical (unpaired) electrons. The van der Waals surface area contributed by atoms with Crippen LogP contribution in [0.15, 0.2) is 152 Å². The first-order valence-electron chi connectivity index (χ1n) is 13.1. The molecule has 6 aromatic carbocycles. The van der Waals surface area contributed by atoms with E-state index >= 15 is 0 Å². The maximum Gasteiger partial charge on any atom is 0.0463 e. The first-order valence-corrected chi connectivity index (χ1v) is 13.9. The highest BCUT2D eigenvalue weighted by Crippen LogP contribution is 2.41. The Morgan fingerprint density at radius 3 is 1.74 bits per heavy atom. The molecule has 0 aliphatic rings. The molecule has 0 saturated carbocycles. The molecule has 0 atom stereocenters. The molecule has 0 aliphatic heterocycles. The van der Waals surface area contributed by atoms with E-state index in [1.165, 1.54) is 31.3 Å². The summed E-state index contributed by atoms with van der Waals surface area (Å²) in [7, 11) is 0. The maximum absolute atomic E-state index is 3.48. The summed E-state index contributed by atoms with van der Waals surface area (Å²) in [5.74, 6) is 0. The third kappa shape index (κ3) is 4.54. The summed E-state index contributed by atoms with van der Waals surface area (Å²) in [6.45, 7) is 0. The fourth-order valence-corrected chi connectivity index (χ4v) is 6.41. The Labute approximate surface area is 232 Å². The zero-order valence-electron chi connectivity index (χ0n) is 21.3. The Balaban J connectivity index is 1.25. The zero-order valence-corrected chi connectivity index (χ0v) is 22.1. The third-order valence-electron chi connectivity index (χ3n) is 7.04. The van der Waals surface area contributed by atoms with Crippen LogP contribution in [0.25, 0.3) is 31.3 Å². The van der Waals surface area contributed by atoms with E-state index in [2.05, 4.69) is 144 Å². The maximum atomic E-state index is 3.48. The SMILES string of the molecule is c1ccc(Nc2ccc(N(c3ccccc3)c3ccc(-c4cccc5c4sc4ccccc45)cc3)cc2)cc1. The lowest BCUT2D eigenvalue weighted by atomic mass is 10.0. The Morgan fingerprint density at radius 2 is 1.00 bits per heavy atom. The second-order valence-electron chi connectivity index (χ2n) is 9.54. The van der Waals surface area contributed by atoms with Crippen LogP contribution in [0.2, 0.25) is 0 Å². The summed E-state index contributed by atoms with van der Waals surface area (Å²) in [6.07, 6.45) is 0. The molecule has 2 nitrogen and oxygen atoms in total. The summed E-state index contributed by atoms with van der Waals surface area (Å²) < 4.78 is 2.67. The molecule has 7 rings (SSSR count). The van der Waals surface area contributed by atoms with Gasteiger partial charge in [-0.25, -0.2) is 0 Å². The summed E-state index contributed by atoms with van der Waals surface area (Å²) in [5, 5.41) is 6.14. The molecule has 1 heterocycles. The number of hydrogen-bond donors (Lipinski definition) is 1. The van der Waals surface area contributed by atoms with E-state index < -0.39 is 0 Å². The van der Waals surface area contributed by atoms with Gasteiger partial charge in [0.25, 0.3) is 0 Å². The first-order chi connectivity index (χ1) is 19.3. The molecule has 1 N–H and O–H groups in total. The smallest absolute Gasteiger partial charge is 0.0463 e. The minimum absolute atomic E-state index is 1.06. The number of benzene rings is 6. The van der Waals surface area contributed by atoms with E-state index in [1.54, 1.807) is 0 Å². The van der Waals surface area contributed by atoms with E-state index in [0.717, 1.165) is 28.4 Å². The lowest BCUT2D eigenvalue weighted by Crippen LogP contribution is -2.09. The topological polar surface area (TPSA) is 15.3 Å². The molecule has 186 valence electrons. The largest absolute Gasteiger partial charge is 0.356 e. The van der Waals surface area contributed by atoms with Gasteiger partial charge in [-0.05, 0) is 77.9 Å². The molecule has 0 fully saturated rings. The molecule has 0 aliphatic carbocycles. The Hall–Kier alpha value is -4.86. The van der Waals surface area contributed by atoms with E-state index in [4.69, 9.17) is 0 Å². The van der Waals surface area contributed by atoms with E-state index in [9.17, 15) is 0 Å². The van der Waals surface area contributed by atoms with Gasteiger partial charge < -0.3 is 10.2 Å². The van der Waals surface area contributed by atoms with Crippen LogP contribution < -0.4 is 10.2 Å². The minimum Gasteiger partial charge on any atom is -0.356 e. The number of fused-ring (bicyclic) bond motifs is 3. The first kappa shape index (κ1) is 23.3. The number of anilines is 5. The molecular formula is C36H26N2S. The van der Waals surface area contributed by atoms with Crippen molar-refractivity contribution >= 4 is 59.9 Å². The van der Waals surface area contributed by atoms with Crippen molar-refractivity contribution in [3.8, 4) is 11.1 Å². The van der Waals surface area contributed by atoms with E-state index in [1.807, 2.05) is 29.5 Å². The number of hydrogen-bond acceptors (Lipinski definition) is 3. The normalized spacial score (nSPS) is 11.1. The second-order valence-corrected chi connectivity index (χ2v) is 10.6. The summed E-state index contributed by atoms with van der Waals surface area (Å²) in [6, 6.07) is 53.7. The molecule has 7 aromatic rings. The monoisotopic (exact) mass is 518 g/mol. The summed E-state index contributed by atoms with van der Waals surface area (Å²) in [4.78, 5) is 2.30. The number of nitrogens with zero attached hydrogens (tertiary/aromatic N) is 1. The standard InChI is InChI=1S/C36H26N2S/c1-3-10-27(11-4-1)37-28-20-24-31(25-21-28)38(29-12-5-2-6-13-29)30-22-18-26(19-23-30)32-15-9-16-34-33-14-7-8-17-35(33)39-36(32)34/h1-25,37H. The lowest BCUT2D eigenvalue weighted by molar-refractivity contribution is 1.28. The van der Waals surface area contributed by atoms with Crippen molar-refractivity contribution in [3.05, 3.63) is 152 Å². The summed E-state index contributed by atoms with van der Waals surface area (Å²) in [5.41, 5.74) is 8.00. The highest BCUT2D eigenvalue weighted by atomic mass is 32.1. The molecule has 0 unspecified atom stereocenters. The van der Waals surface area contributed by atoms with Crippen LogP contribution in [0.1, 0.15) is 0 Å². The average molecular weight is 519 g/mol. The van der Waals surface area contributed by atoms with Crippen LogP contribution >= 0.6 is 11.3 Å². The second kappa shape index (κ2) is 10.1. The van der Waals surface area contributed by atoms with Gasteiger partial charge in [0, 0.05) is 48.6 Å². The van der Waals surface area contributed by atoms with Crippen molar-refractivity contribution in [3.63, 3.8) is 0 Å². The van der Waals surface area contributed by atoms with Gasteiger partial charge in [0.15, 0.2) is 0 Å². The number of para-hydroxylation sites is 2. The van der Waals surface area contributed by atoms with Crippen LogP contribution in [0.5, 0.6) is 0 Å². The fraction of sp³-hybridized carbons (Fsp3) is 0. The predicted molar refractivity (Wildman–Crippen MR) is 169 cm³/mol. The van der Waals surface area contributed by atoms with Gasteiger partial charge in [0.1, 0.15) is 0 Å². The highest BCUT2D eigenvalue weighted by molar-refractivity contribution is 7.26. The van der Waals surface area contributed by atoms with Gasteiger partial charge in [-0.2, -0.15) is 0 Å². The van der Waals surface area contributed by atoms with Crippen molar-refractivity contribution in [2.75, 3.05) is 10.2 Å². The van der Waals surface area contributed by atoms with Crippen LogP contribution in [0.3, 0.4) is 0 Å². The van der Waals surface area contributed by atoms with Crippen LogP contribution in [-0.4, -0.2) is 0 Å². The fourth-order valence-electron chi connectivity index (χ4n) is 5.17. The molecule has 0 amide bonds. The quantitative estimate of drug-likeness (QED) is 0.235. The molecular weight excluding hydrogens is 492 g/mol. The predicted octanol–water partition coefficient (Wildman–Crippen LogP) is 10.9. The molecule has 0 saturated heterocycles. The van der Waals surface area contributed by atoms with Crippen molar-refractivity contribution in [2.24, 2.45) is 0 Å². The molecule has 0 bridgehead atoms. The van der Waals surface area contributed by atoms with Crippen molar-refractivity contribution in [1.29, 1.82) is 0 Å². The van der Waals surface area contributed by atoms with Crippen molar-refractivity contribution in [1.82, 2.24) is 0 Å². The van der Waals surface area contributed by atoms with Crippen LogP contribution in [-0.2, 0) is 0 Å². The van der Waals surface area contributed by atoms with Crippen LogP contribution in [0, 0.1) is 0 Å². The van der Waals surface area contributed by atoms with Gasteiger partial charge in [-0.3, -0.25) is 0 Å². The van der Waals surface area contributed by atoms with E-state index in [0.29, 0.717) is 0 Å². The average Bonchev–Trinajstić information content (AvgIpc) is 3.39. The van der Waals surface area contributed by atoms with Gasteiger partial charge in [0.05, 0.1) is 0 Å². The molecule has 1 aromatic heterocycles. The van der Waals surface area contributed by atoms with Gasteiger partial charge in [-0.1, -0.05) is 84.9 Å². The Morgan fingerprint density at radius 1 is 0.436 bits per heavy atom. The number of thiophene rings is 1.